The van der Waals surface area contributed by atoms with Crippen molar-refractivity contribution in [1.82, 2.24) is 0 Å². The molecule has 1 heterocycles. The van der Waals surface area contributed by atoms with E-state index >= 15 is 0 Å². The minimum atomic E-state index is -0.399. The maximum Gasteiger partial charge on any atom is 0.330 e. The van der Waals surface area contributed by atoms with E-state index in [1.807, 2.05) is 0 Å². The van der Waals surface area contributed by atoms with Gasteiger partial charge in [0.15, 0.2) is 6.29 Å². The van der Waals surface area contributed by atoms with Gasteiger partial charge >= 0.3 is 5.97 Å². The summed E-state index contributed by atoms with van der Waals surface area (Å²) < 4.78 is 14.4. The van der Waals surface area contributed by atoms with Crippen molar-refractivity contribution in [3.8, 4) is 0 Å². The maximum atomic E-state index is 10.5. The van der Waals surface area contributed by atoms with Gasteiger partial charge in [0, 0.05) is 6.08 Å². The van der Waals surface area contributed by atoms with Gasteiger partial charge in [0.25, 0.3) is 0 Å². The van der Waals surface area contributed by atoms with Gasteiger partial charge in [-0.15, -0.1) is 0 Å². The van der Waals surface area contributed by atoms with Crippen molar-refractivity contribution in [2.75, 3.05) is 20.3 Å². The quantitative estimate of drug-likeness (QED) is 0.422. The normalized spacial score (nSPS) is 19.4. The standard InChI is InChI=1S/C7H10O4/c1-9-6(8)2-3-7-10-4-5-11-7/h2-3,7H,4-5H2,1H3. The second-order valence-electron chi connectivity index (χ2n) is 1.99. The number of carbonyl (C=O) groups excluding carboxylic acids is 1. The van der Waals surface area contributed by atoms with Gasteiger partial charge in [-0.3, -0.25) is 0 Å². The van der Waals surface area contributed by atoms with Crippen LogP contribution < -0.4 is 0 Å². The molecule has 0 amide bonds. The largest absolute Gasteiger partial charge is 0.466 e. The fourth-order valence-electron chi connectivity index (χ4n) is 0.713. The average Bonchev–Trinajstić information content (AvgIpc) is 2.52. The highest BCUT2D eigenvalue weighted by atomic mass is 16.7. The van der Waals surface area contributed by atoms with Gasteiger partial charge < -0.3 is 14.2 Å². The van der Waals surface area contributed by atoms with Crippen molar-refractivity contribution in [2.45, 2.75) is 6.29 Å². The van der Waals surface area contributed by atoms with E-state index in [0.29, 0.717) is 13.2 Å². The Morgan fingerprint density at radius 3 is 2.73 bits per heavy atom. The summed E-state index contributed by atoms with van der Waals surface area (Å²) in [6.45, 7) is 1.16. The van der Waals surface area contributed by atoms with Crippen LogP contribution in [-0.2, 0) is 19.0 Å². The molecule has 0 bridgehead atoms. The minimum Gasteiger partial charge on any atom is -0.466 e. The lowest BCUT2D eigenvalue weighted by atomic mass is 10.5. The Hall–Kier alpha value is -0.870. The molecule has 1 aliphatic heterocycles. The van der Waals surface area contributed by atoms with Crippen LogP contribution in [0.4, 0.5) is 0 Å². The Morgan fingerprint density at radius 1 is 1.55 bits per heavy atom. The molecular formula is C7H10O4. The van der Waals surface area contributed by atoms with Gasteiger partial charge in [0.1, 0.15) is 0 Å². The van der Waals surface area contributed by atoms with Crippen molar-refractivity contribution >= 4 is 5.97 Å². The first-order valence-electron chi connectivity index (χ1n) is 3.32. The molecule has 62 valence electrons. The number of hydrogen-bond acceptors (Lipinski definition) is 4. The van der Waals surface area contributed by atoms with Gasteiger partial charge in [-0.25, -0.2) is 4.79 Å². The Morgan fingerprint density at radius 2 is 2.18 bits per heavy atom. The Balaban J connectivity index is 2.27. The molecule has 4 heteroatoms. The minimum absolute atomic E-state index is 0.380. The smallest absolute Gasteiger partial charge is 0.330 e. The summed E-state index contributed by atoms with van der Waals surface area (Å²) in [6.07, 6.45) is 2.43. The number of methoxy groups -OCH3 is 1. The predicted octanol–water partition coefficient (Wildman–Crippen LogP) is 0.0885. The van der Waals surface area contributed by atoms with Crippen LogP contribution in [0.25, 0.3) is 0 Å². The van der Waals surface area contributed by atoms with Gasteiger partial charge in [-0.2, -0.15) is 0 Å². The van der Waals surface area contributed by atoms with Crippen LogP contribution in [0.2, 0.25) is 0 Å². The summed E-state index contributed by atoms with van der Waals surface area (Å²) in [4.78, 5) is 10.5. The fraction of sp³-hybridized carbons (Fsp3) is 0.571. The van der Waals surface area contributed by atoms with Crippen molar-refractivity contribution < 1.29 is 19.0 Å². The van der Waals surface area contributed by atoms with Crippen LogP contribution in [0.3, 0.4) is 0 Å². The molecular weight excluding hydrogens is 148 g/mol. The zero-order valence-corrected chi connectivity index (χ0v) is 6.28. The molecule has 1 aliphatic rings. The lowest BCUT2D eigenvalue weighted by Crippen LogP contribution is -2.04. The van der Waals surface area contributed by atoms with E-state index in [-0.39, 0.29) is 6.29 Å². The third-order valence-corrected chi connectivity index (χ3v) is 1.24. The Labute approximate surface area is 64.7 Å². The topological polar surface area (TPSA) is 44.8 Å². The molecule has 0 aromatic rings. The number of carbonyl (C=O) groups is 1. The summed E-state index contributed by atoms with van der Waals surface area (Å²) >= 11 is 0. The van der Waals surface area contributed by atoms with E-state index in [0.717, 1.165) is 0 Å². The summed E-state index contributed by atoms with van der Waals surface area (Å²) in [5, 5.41) is 0. The molecule has 0 unspecified atom stereocenters. The van der Waals surface area contributed by atoms with Crippen LogP contribution in [0, 0.1) is 0 Å². The number of rotatable bonds is 2. The fourth-order valence-corrected chi connectivity index (χ4v) is 0.713. The van der Waals surface area contributed by atoms with Crippen molar-refractivity contribution in [3.05, 3.63) is 12.2 Å². The van der Waals surface area contributed by atoms with Gasteiger partial charge in [-0.1, -0.05) is 0 Å². The molecule has 0 aromatic heterocycles. The lowest BCUT2D eigenvalue weighted by Gasteiger charge is -1.99. The molecule has 0 spiro atoms. The Bertz CT molecular complexity index is 158. The molecule has 4 nitrogen and oxygen atoms in total. The van der Waals surface area contributed by atoms with Crippen molar-refractivity contribution in [3.63, 3.8) is 0 Å². The molecule has 0 radical (unpaired) electrons. The van der Waals surface area contributed by atoms with Crippen molar-refractivity contribution in [1.29, 1.82) is 0 Å². The molecule has 0 saturated carbocycles. The second kappa shape index (κ2) is 4.10. The zero-order valence-electron chi connectivity index (χ0n) is 6.28. The first-order chi connectivity index (χ1) is 5.33. The van der Waals surface area contributed by atoms with E-state index in [2.05, 4.69) is 4.74 Å². The van der Waals surface area contributed by atoms with Crippen molar-refractivity contribution in [2.24, 2.45) is 0 Å². The first kappa shape index (κ1) is 8.23. The molecule has 0 atom stereocenters. The van der Waals surface area contributed by atoms with E-state index in [4.69, 9.17) is 9.47 Å². The molecule has 1 fully saturated rings. The van der Waals surface area contributed by atoms with Crippen LogP contribution >= 0.6 is 0 Å². The number of esters is 1. The molecule has 0 aliphatic carbocycles. The highest BCUT2D eigenvalue weighted by Gasteiger charge is 2.11. The molecule has 0 aromatic carbocycles. The van der Waals surface area contributed by atoms with E-state index in [1.165, 1.54) is 19.3 Å². The summed E-state index contributed by atoms with van der Waals surface area (Å²) in [5.74, 6) is -0.399. The van der Waals surface area contributed by atoms with E-state index < -0.39 is 5.97 Å². The van der Waals surface area contributed by atoms with Gasteiger partial charge in [-0.05, 0) is 6.08 Å². The summed E-state index contributed by atoms with van der Waals surface area (Å²) in [6, 6.07) is 0. The molecule has 0 N–H and O–H groups in total. The third kappa shape index (κ3) is 2.69. The van der Waals surface area contributed by atoms with E-state index in [9.17, 15) is 4.79 Å². The summed E-state index contributed by atoms with van der Waals surface area (Å²) in [5.41, 5.74) is 0. The maximum absolute atomic E-state index is 10.5. The number of ether oxygens (including phenoxy) is 3. The van der Waals surface area contributed by atoms with E-state index in [1.54, 1.807) is 0 Å². The molecule has 11 heavy (non-hydrogen) atoms. The lowest BCUT2D eigenvalue weighted by molar-refractivity contribution is -0.135. The van der Waals surface area contributed by atoms with Crippen LogP contribution in [-0.4, -0.2) is 32.6 Å². The zero-order chi connectivity index (χ0) is 8.10. The SMILES string of the molecule is COC(=O)C=CC1OCCO1. The Kier molecular flexibility index (Phi) is 3.07. The van der Waals surface area contributed by atoms with Crippen LogP contribution in [0.15, 0.2) is 12.2 Å². The second-order valence-corrected chi connectivity index (χ2v) is 1.99. The third-order valence-electron chi connectivity index (χ3n) is 1.24. The van der Waals surface area contributed by atoms with Crippen LogP contribution in [0.1, 0.15) is 0 Å². The molecule has 1 saturated heterocycles. The predicted molar refractivity (Wildman–Crippen MR) is 36.8 cm³/mol. The molecule has 1 rings (SSSR count). The number of hydrogen-bond donors (Lipinski definition) is 0. The van der Waals surface area contributed by atoms with Crippen LogP contribution in [0.5, 0.6) is 0 Å². The van der Waals surface area contributed by atoms with Gasteiger partial charge in [0.2, 0.25) is 0 Å². The highest BCUT2D eigenvalue weighted by molar-refractivity contribution is 5.81. The summed E-state index contributed by atoms with van der Waals surface area (Å²) in [7, 11) is 1.32. The highest BCUT2D eigenvalue weighted by Crippen LogP contribution is 2.04. The average molecular weight is 158 g/mol. The monoisotopic (exact) mass is 158 g/mol. The first-order valence-corrected chi connectivity index (χ1v) is 3.32. The van der Waals surface area contributed by atoms with Gasteiger partial charge in [0.05, 0.1) is 20.3 Å².